The van der Waals surface area contributed by atoms with Crippen molar-refractivity contribution in [1.82, 2.24) is 9.97 Å². The molecule has 0 atom stereocenters. The van der Waals surface area contributed by atoms with E-state index in [1.165, 1.54) is 24.3 Å². The molecule has 248 valence electrons. The molecule has 4 N–H and O–H groups in total. The molecule has 0 amide bonds. The van der Waals surface area contributed by atoms with Gasteiger partial charge in [-0.2, -0.15) is 50.7 Å². The molecule has 5 aromatic rings. The smallest absolute Gasteiger partial charge is 0.295 e. The first-order valence-electron chi connectivity index (χ1n) is 12.6. The van der Waals surface area contributed by atoms with Crippen molar-refractivity contribution in [3.63, 3.8) is 0 Å². The SMILES string of the molecule is O=S(=O)(O)c1cc(S(=O)(=O)O)c2cc(N=Nc3ccc(N=Nc4ccc(Nc5nc(Cl)nc(Cl)c5Cl)cc4)cc3)cc(S(=O)(=O)O)c2c1. The maximum Gasteiger partial charge on any atom is 0.295 e. The Balaban J connectivity index is 1.38. The monoisotopic (exact) mass is 771 g/mol. The molecule has 22 heteroatoms. The second-order valence-corrected chi connectivity index (χ2v) is 14.7. The van der Waals surface area contributed by atoms with E-state index >= 15 is 0 Å². The van der Waals surface area contributed by atoms with Crippen molar-refractivity contribution in [3.8, 4) is 0 Å². The van der Waals surface area contributed by atoms with Crippen LogP contribution in [-0.2, 0) is 30.4 Å². The summed E-state index contributed by atoms with van der Waals surface area (Å²) in [5, 5.41) is 17.9. The average molecular weight is 773 g/mol. The van der Waals surface area contributed by atoms with Crippen molar-refractivity contribution in [2.24, 2.45) is 20.5 Å². The Labute approximate surface area is 286 Å². The highest BCUT2D eigenvalue weighted by Gasteiger charge is 2.25. The Kier molecular flexibility index (Phi) is 9.79. The van der Waals surface area contributed by atoms with Crippen molar-refractivity contribution < 1.29 is 38.9 Å². The minimum absolute atomic E-state index is 0.00883. The zero-order valence-electron chi connectivity index (χ0n) is 23.3. The van der Waals surface area contributed by atoms with Crippen LogP contribution in [0, 0.1) is 0 Å². The number of anilines is 2. The van der Waals surface area contributed by atoms with Crippen molar-refractivity contribution in [2.75, 3.05) is 5.32 Å². The lowest BCUT2D eigenvalue weighted by Gasteiger charge is -2.11. The van der Waals surface area contributed by atoms with Crippen LogP contribution in [0.2, 0.25) is 15.5 Å². The van der Waals surface area contributed by atoms with E-state index in [4.69, 9.17) is 34.8 Å². The summed E-state index contributed by atoms with van der Waals surface area (Å²) in [6.07, 6.45) is 0. The van der Waals surface area contributed by atoms with Crippen LogP contribution in [0.25, 0.3) is 10.8 Å². The van der Waals surface area contributed by atoms with Crippen LogP contribution in [-0.4, -0.2) is 48.9 Å². The molecule has 0 aliphatic heterocycles. The van der Waals surface area contributed by atoms with Gasteiger partial charge >= 0.3 is 0 Å². The second kappa shape index (κ2) is 13.4. The second-order valence-electron chi connectivity index (χ2n) is 9.42. The van der Waals surface area contributed by atoms with E-state index in [1.807, 2.05) is 0 Å². The van der Waals surface area contributed by atoms with E-state index in [1.54, 1.807) is 24.3 Å². The maximum atomic E-state index is 12.1. The summed E-state index contributed by atoms with van der Waals surface area (Å²) in [5.41, 5.74) is 1.45. The number of azo groups is 2. The summed E-state index contributed by atoms with van der Waals surface area (Å²) >= 11 is 17.8. The molecule has 0 spiro atoms. The summed E-state index contributed by atoms with van der Waals surface area (Å²) < 4.78 is 101. The van der Waals surface area contributed by atoms with E-state index in [0.717, 1.165) is 12.1 Å². The summed E-state index contributed by atoms with van der Waals surface area (Å²) in [5.74, 6) is 0.213. The predicted molar refractivity (Wildman–Crippen MR) is 175 cm³/mol. The largest absolute Gasteiger partial charge is 0.339 e. The van der Waals surface area contributed by atoms with Gasteiger partial charge in [0.05, 0.1) is 27.6 Å². The van der Waals surface area contributed by atoms with E-state index in [9.17, 15) is 38.9 Å². The molecule has 16 nitrogen and oxygen atoms in total. The van der Waals surface area contributed by atoms with E-state index < -0.39 is 55.8 Å². The lowest BCUT2D eigenvalue weighted by molar-refractivity contribution is 0.478. The maximum absolute atomic E-state index is 12.1. The van der Waals surface area contributed by atoms with Gasteiger partial charge in [0.1, 0.15) is 14.8 Å². The number of rotatable bonds is 9. The molecule has 1 aromatic heterocycles. The summed E-state index contributed by atoms with van der Waals surface area (Å²) in [4.78, 5) is 4.66. The van der Waals surface area contributed by atoms with Gasteiger partial charge in [-0.3, -0.25) is 13.7 Å². The van der Waals surface area contributed by atoms with E-state index in [0.29, 0.717) is 29.2 Å². The molecule has 0 radical (unpaired) electrons. The van der Waals surface area contributed by atoms with Crippen molar-refractivity contribution in [2.45, 2.75) is 14.7 Å². The van der Waals surface area contributed by atoms with Gasteiger partial charge < -0.3 is 5.32 Å². The lowest BCUT2D eigenvalue weighted by atomic mass is 10.1. The summed E-state index contributed by atoms with van der Waals surface area (Å²) in [6, 6.07) is 15.5. The Morgan fingerprint density at radius 3 is 1.52 bits per heavy atom. The van der Waals surface area contributed by atoms with Gasteiger partial charge in [0.25, 0.3) is 30.4 Å². The molecule has 0 fully saturated rings. The summed E-state index contributed by atoms with van der Waals surface area (Å²) in [7, 11) is -15.4. The molecule has 0 saturated heterocycles. The molecule has 48 heavy (non-hydrogen) atoms. The Hall–Kier alpha value is -4.18. The minimum Gasteiger partial charge on any atom is -0.339 e. The summed E-state index contributed by atoms with van der Waals surface area (Å²) in [6.45, 7) is 0. The zero-order valence-corrected chi connectivity index (χ0v) is 28.0. The lowest BCUT2D eigenvalue weighted by Crippen LogP contribution is -2.07. The normalized spacial score (nSPS) is 12.7. The van der Waals surface area contributed by atoms with Crippen molar-refractivity contribution >= 4 is 110 Å². The van der Waals surface area contributed by atoms with E-state index in [-0.39, 0.29) is 32.7 Å². The number of hydrogen-bond donors (Lipinski definition) is 4. The Morgan fingerprint density at radius 1 is 0.562 bits per heavy atom. The fourth-order valence-electron chi connectivity index (χ4n) is 4.03. The van der Waals surface area contributed by atoms with Crippen LogP contribution in [0.5, 0.6) is 0 Å². The number of benzene rings is 4. The first kappa shape index (κ1) is 35.1. The van der Waals surface area contributed by atoms with Crippen molar-refractivity contribution in [1.29, 1.82) is 0 Å². The van der Waals surface area contributed by atoms with Crippen LogP contribution in [0.3, 0.4) is 0 Å². The number of nitrogens with zero attached hydrogens (tertiary/aromatic N) is 6. The van der Waals surface area contributed by atoms with Gasteiger partial charge in [-0.1, -0.05) is 23.2 Å². The van der Waals surface area contributed by atoms with Gasteiger partial charge in [-0.05, 0) is 84.4 Å². The minimum atomic E-state index is -5.17. The number of halogens is 3. The zero-order chi connectivity index (χ0) is 35.0. The predicted octanol–water partition coefficient (Wildman–Crippen LogP) is 7.90. The third kappa shape index (κ3) is 8.27. The highest BCUT2D eigenvalue weighted by atomic mass is 35.5. The van der Waals surface area contributed by atoms with Gasteiger partial charge in [-0.25, -0.2) is 4.98 Å². The number of nitrogens with one attached hydrogen (secondary N) is 1. The topological polar surface area (TPSA) is 250 Å². The molecule has 0 aliphatic carbocycles. The van der Waals surface area contributed by atoms with Crippen LogP contribution in [0.4, 0.5) is 34.3 Å². The molecular weight excluding hydrogens is 757 g/mol. The van der Waals surface area contributed by atoms with E-state index in [2.05, 4.69) is 35.7 Å². The molecule has 0 unspecified atom stereocenters. The highest BCUT2D eigenvalue weighted by Crippen LogP contribution is 2.36. The Morgan fingerprint density at radius 2 is 1.02 bits per heavy atom. The number of hydrogen-bond acceptors (Lipinski definition) is 13. The standard InChI is InChI=1S/C26H16Cl3N7O9S3/c27-23-24(28)31-26(29)32-25(23)30-13-1-3-14(4-2-13)33-34-15-5-7-16(8-6-15)35-36-17-9-19-20(21(10-17)47(40,41)42)11-18(46(37,38)39)12-22(19)48(43,44)45/h1-12H,(H,30,31,32)(H,37,38,39)(H,40,41,42)(H,43,44,45). The molecule has 0 bridgehead atoms. The fourth-order valence-corrected chi connectivity index (χ4v) is 6.59. The molecule has 4 aromatic carbocycles. The van der Waals surface area contributed by atoms with Crippen LogP contribution >= 0.6 is 34.8 Å². The Bertz CT molecular complexity index is 2480. The van der Waals surface area contributed by atoms with Crippen molar-refractivity contribution in [3.05, 3.63) is 88.3 Å². The van der Waals surface area contributed by atoms with Crippen LogP contribution < -0.4 is 5.32 Å². The first-order chi connectivity index (χ1) is 22.4. The number of aromatic nitrogens is 2. The third-order valence-corrected chi connectivity index (χ3v) is 9.65. The molecule has 5 rings (SSSR count). The third-order valence-electron chi connectivity index (χ3n) is 6.13. The van der Waals surface area contributed by atoms with Gasteiger partial charge in [-0.15, -0.1) is 0 Å². The highest BCUT2D eigenvalue weighted by molar-refractivity contribution is 7.87. The van der Waals surface area contributed by atoms with Gasteiger partial charge in [0, 0.05) is 16.5 Å². The van der Waals surface area contributed by atoms with Gasteiger partial charge in [0.2, 0.25) is 5.28 Å². The first-order valence-corrected chi connectivity index (χ1v) is 18.1. The average Bonchev–Trinajstić information content (AvgIpc) is 3.00. The van der Waals surface area contributed by atoms with Crippen LogP contribution in [0.15, 0.2) is 108 Å². The molecule has 0 saturated carbocycles. The molecular formula is C26H16Cl3N7O9S3. The molecule has 0 aliphatic rings. The van der Waals surface area contributed by atoms with Gasteiger partial charge in [0.15, 0.2) is 11.0 Å². The number of fused-ring (bicyclic) bond motifs is 1. The van der Waals surface area contributed by atoms with Crippen LogP contribution in [0.1, 0.15) is 0 Å². The fraction of sp³-hybridized carbons (Fsp3) is 0. The molecule has 1 heterocycles. The quantitative estimate of drug-likeness (QED) is 0.0483.